The number of hydrogen-bond acceptors (Lipinski definition) is 2. The van der Waals surface area contributed by atoms with Crippen LogP contribution in [0.5, 0.6) is 0 Å². The Balaban J connectivity index is 3.13. The van der Waals surface area contributed by atoms with Gasteiger partial charge in [-0.15, -0.1) is 0 Å². The van der Waals surface area contributed by atoms with E-state index in [0.717, 1.165) is 0 Å². The van der Waals surface area contributed by atoms with Gasteiger partial charge in [-0.2, -0.15) is 0 Å². The lowest BCUT2D eigenvalue weighted by Gasteiger charge is -1.78. The number of terminal acetylenes is 1. The highest BCUT2D eigenvalue weighted by Crippen LogP contribution is 1.60. The van der Waals surface area contributed by atoms with Crippen LogP contribution in [0.2, 0.25) is 0 Å². The third kappa shape index (κ3) is 2.83. The Labute approximate surface area is 35.1 Å². The van der Waals surface area contributed by atoms with Gasteiger partial charge < -0.3 is 10.5 Å². The molecular formula is C3H3NO2. The van der Waals surface area contributed by atoms with Crippen molar-refractivity contribution in [3.05, 3.63) is 0 Å². The summed E-state index contributed by atoms with van der Waals surface area (Å²) in [4.78, 5) is 9.46. The third-order valence-corrected chi connectivity index (χ3v) is 0.160. The second-order valence-corrected chi connectivity index (χ2v) is 0.539. The van der Waals surface area contributed by atoms with Gasteiger partial charge in [-0.25, -0.2) is 4.79 Å². The van der Waals surface area contributed by atoms with Crippen molar-refractivity contribution in [3.8, 4) is 12.5 Å². The lowest BCUT2D eigenvalue weighted by Crippen LogP contribution is -2.08. The second kappa shape index (κ2) is 2.09. The van der Waals surface area contributed by atoms with Crippen LogP contribution in [-0.4, -0.2) is 6.09 Å². The zero-order valence-electron chi connectivity index (χ0n) is 2.97. The summed E-state index contributed by atoms with van der Waals surface area (Å²) in [5, 5.41) is 0. The van der Waals surface area contributed by atoms with E-state index in [2.05, 4.69) is 16.9 Å². The fourth-order valence-corrected chi connectivity index (χ4v) is 0.0581. The van der Waals surface area contributed by atoms with Crippen molar-refractivity contribution in [2.45, 2.75) is 0 Å². The van der Waals surface area contributed by atoms with Gasteiger partial charge in [0.2, 0.25) is 0 Å². The van der Waals surface area contributed by atoms with E-state index in [1.807, 2.05) is 0 Å². The third-order valence-electron chi connectivity index (χ3n) is 0.160. The highest BCUT2D eigenvalue weighted by atomic mass is 16.5. The van der Waals surface area contributed by atoms with Gasteiger partial charge in [0.25, 0.3) is 0 Å². The molecule has 0 atom stereocenters. The van der Waals surface area contributed by atoms with E-state index in [0.29, 0.717) is 0 Å². The summed E-state index contributed by atoms with van der Waals surface area (Å²) in [6, 6.07) is 0. The molecule has 0 radical (unpaired) electrons. The van der Waals surface area contributed by atoms with E-state index in [4.69, 9.17) is 0 Å². The number of carbonyl (C=O) groups excluding carboxylic acids is 1. The van der Waals surface area contributed by atoms with Gasteiger partial charge in [0.15, 0.2) is 0 Å². The smallest absolute Gasteiger partial charge is 0.356 e. The Morgan fingerprint density at radius 1 is 2.00 bits per heavy atom. The number of nitrogens with two attached hydrogens (primary N) is 1. The fourth-order valence-electron chi connectivity index (χ4n) is 0.0581. The van der Waals surface area contributed by atoms with Crippen molar-refractivity contribution >= 4 is 6.09 Å². The molecular weight excluding hydrogens is 82.0 g/mol. The molecule has 0 spiro atoms. The van der Waals surface area contributed by atoms with Crippen molar-refractivity contribution in [1.82, 2.24) is 0 Å². The number of amides is 1. The molecule has 0 fully saturated rings. The fraction of sp³-hybridized carbons (Fsp3) is 0. The van der Waals surface area contributed by atoms with Gasteiger partial charge in [-0.3, -0.25) is 0 Å². The Bertz CT molecular complexity index is 91.5. The maximum atomic E-state index is 9.46. The molecule has 3 nitrogen and oxygen atoms in total. The Kier molecular flexibility index (Phi) is 1.68. The predicted octanol–water partition coefficient (Wildman–Crippen LogP) is -0.328. The van der Waals surface area contributed by atoms with Crippen LogP contribution in [0.3, 0.4) is 0 Å². The van der Waals surface area contributed by atoms with Crippen LogP contribution < -0.4 is 5.73 Å². The summed E-state index contributed by atoms with van der Waals surface area (Å²) in [6.45, 7) is 0. The average Bonchev–Trinajstić information content (AvgIpc) is 1.35. The van der Waals surface area contributed by atoms with Crippen molar-refractivity contribution in [2.75, 3.05) is 0 Å². The first-order chi connectivity index (χ1) is 2.77. The Morgan fingerprint density at radius 2 is 2.50 bits per heavy atom. The molecule has 0 aromatic heterocycles. The molecule has 0 saturated carbocycles. The van der Waals surface area contributed by atoms with Gasteiger partial charge >= 0.3 is 6.09 Å². The SMILES string of the molecule is C#COC(N)=O. The molecule has 0 unspecified atom stereocenters. The summed E-state index contributed by atoms with van der Waals surface area (Å²) in [5.41, 5.74) is 4.40. The quantitative estimate of drug-likeness (QED) is 0.409. The second-order valence-electron chi connectivity index (χ2n) is 0.539. The molecule has 0 aromatic rings. The molecule has 2 N–H and O–H groups in total. The van der Waals surface area contributed by atoms with Crippen molar-refractivity contribution in [1.29, 1.82) is 0 Å². The van der Waals surface area contributed by atoms with E-state index < -0.39 is 6.09 Å². The van der Waals surface area contributed by atoms with Gasteiger partial charge in [0.05, 0.1) is 0 Å². The highest BCUT2D eigenvalue weighted by molar-refractivity contribution is 5.65. The van der Waals surface area contributed by atoms with E-state index in [9.17, 15) is 4.79 Å². The minimum Gasteiger partial charge on any atom is -0.356 e. The molecule has 0 heterocycles. The normalized spacial score (nSPS) is 5.83. The summed E-state index contributed by atoms with van der Waals surface area (Å²) in [6.07, 6.45) is 5.10. The number of primary amides is 1. The van der Waals surface area contributed by atoms with E-state index in [-0.39, 0.29) is 0 Å². The van der Waals surface area contributed by atoms with Crippen LogP contribution >= 0.6 is 0 Å². The zero-order chi connectivity index (χ0) is 4.99. The molecule has 0 aromatic carbocycles. The summed E-state index contributed by atoms with van der Waals surface area (Å²) in [5.74, 6) is 0. The van der Waals surface area contributed by atoms with E-state index in [1.165, 1.54) is 0 Å². The van der Waals surface area contributed by atoms with Gasteiger partial charge in [-0.1, -0.05) is 6.42 Å². The lowest BCUT2D eigenvalue weighted by molar-refractivity contribution is 0.202. The van der Waals surface area contributed by atoms with Crippen molar-refractivity contribution in [3.63, 3.8) is 0 Å². The molecule has 0 aliphatic carbocycles. The molecule has 6 heavy (non-hydrogen) atoms. The molecule has 0 rings (SSSR count). The van der Waals surface area contributed by atoms with Gasteiger partial charge in [0.1, 0.15) is 6.11 Å². The molecule has 0 aliphatic heterocycles. The Hall–Kier alpha value is -1.17. The van der Waals surface area contributed by atoms with E-state index >= 15 is 0 Å². The minimum absolute atomic E-state index is 0.947. The minimum atomic E-state index is -0.947. The average molecular weight is 85.1 g/mol. The van der Waals surface area contributed by atoms with Crippen LogP contribution in [0.25, 0.3) is 0 Å². The largest absolute Gasteiger partial charge is 0.418 e. The number of carbonyl (C=O) groups is 1. The van der Waals surface area contributed by atoms with Crippen LogP contribution in [0.1, 0.15) is 0 Å². The molecule has 0 saturated heterocycles. The first-order valence-corrected chi connectivity index (χ1v) is 1.19. The molecule has 3 heteroatoms. The zero-order valence-corrected chi connectivity index (χ0v) is 2.97. The number of rotatable bonds is 0. The van der Waals surface area contributed by atoms with Crippen molar-refractivity contribution in [2.24, 2.45) is 5.73 Å². The van der Waals surface area contributed by atoms with Crippen molar-refractivity contribution < 1.29 is 9.53 Å². The standard InChI is InChI=1S/C3H3NO2/c1-2-6-3(4)5/h1H,(H2,4,5). The molecule has 0 aliphatic rings. The summed E-state index contributed by atoms with van der Waals surface area (Å²) >= 11 is 0. The summed E-state index contributed by atoms with van der Waals surface area (Å²) in [7, 11) is 0. The Morgan fingerprint density at radius 3 is 2.50 bits per heavy atom. The summed E-state index contributed by atoms with van der Waals surface area (Å²) < 4.78 is 3.71. The molecule has 0 bridgehead atoms. The first kappa shape index (κ1) is 4.83. The molecule has 32 valence electrons. The van der Waals surface area contributed by atoms with Gasteiger partial charge in [-0.05, 0) is 0 Å². The monoisotopic (exact) mass is 85.0 g/mol. The van der Waals surface area contributed by atoms with Gasteiger partial charge in [0, 0.05) is 0 Å². The highest BCUT2D eigenvalue weighted by Gasteiger charge is 1.80. The van der Waals surface area contributed by atoms with Crippen LogP contribution in [0.15, 0.2) is 0 Å². The first-order valence-electron chi connectivity index (χ1n) is 1.19. The van der Waals surface area contributed by atoms with Crippen LogP contribution in [0, 0.1) is 12.5 Å². The predicted molar refractivity (Wildman–Crippen MR) is 19.5 cm³/mol. The lowest BCUT2D eigenvalue weighted by atomic mass is 11.2. The number of hydrogen-bond donors (Lipinski definition) is 1. The van der Waals surface area contributed by atoms with E-state index in [1.54, 1.807) is 6.11 Å². The topological polar surface area (TPSA) is 52.3 Å². The maximum absolute atomic E-state index is 9.46. The number of ether oxygens (including phenoxy) is 1. The maximum Gasteiger partial charge on any atom is 0.418 e. The van der Waals surface area contributed by atoms with Crippen LogP contribution in [-0.2, 0) is 4.74 Å². The van der Waals surface area contributed by atoms with Crippen LogP contribution in [0.4, 0.5) is 4.79 Å². The molecule has 1 amide bonds.